The quantitative estimate of drug-likeness (QED) is 0.283. The molecular formula is C26H23ClN2O5S2. The Labute approximate surface area is 224 Å². The van der Waals surface area contributed by atoms with E-state index in [0.29, 0.717) is 28.6 Å². The van der Waals surface area contributed by atoms with Crippen molar-refractivity contribution < 1.29 is 24.2 Å². The molecule has 186 valence electrons. The van der Waals surface area contributed by atoms with Crippen LogP contribution in [0.5, 0.6) is 11.5 Å². The van der Waals surface area contributed by atoms with Crippen LogP contribution in [0.3, 0.4) is 0 Å². The van der Waals surface area contributed by atoms with Gasteiger partial charge >= 0.3 is 5.97 Å². The molecule has 7 nitrogen and oxygen atoms in total. The van der Waals surface area contributed by atoms with Crippen molar-refractivity contribution in [2.75, 3.05) is 13.2 Å². The predicted molar refractivity (Wildman–Crippen MR) is 145 cm³/mol. The zero-order valence-corrected chi connectivity index (χ0v) is 21.5. The number of ether oxygens (including phenoxy) is 2. The molecule has 1 fully saturated rings. The van der Waals surface area contributed by atoms with E-state index in [9.17, 15) is 9.59 Å². The summed E-state index contributed by atoms with van der Waals surface area (Å²) in [5, 5.41) is 9.03. The Morgan fingerprint density at radius 1 is 1.06 bits per heavy atom. The number of hydrogen-bond acceptors (Lipinski definition) is 7. The molecule has 0 bridgehead atoms. The van der Waals surface area contributed by atoms with Crippen molar-refractivity contribution in [1.29, 1.82) is 0 Å². The van der Waals surface area contributed by atoms with Crippen molar-refractivity contribution in [2.45, 2.75) is 13.0 Å². The van der Waals surface area contributed by atoms with E-state index in [2.05, 4.69) is 4.98 Å². The van der Waals surface area contributed by atoms with Crippen LogP contribution < -0.4 is 9.47 Å². The molecule has 2 heterocycles. The number of carbonyl (C=O) groups is 2. The summed E-state index contributed by atoms with van der Waals surface area (Å²) < 4.78 is 12.3. The average Bonchev–Trinajstić information content (AvgIpc) is 3.12. The first-order valence-corrected chi connectivity index (χ1v) is 12.0. The first-order chi connectivity index (χ1) is 17.0. The Balaban J connectivity index is 0.00000361. The number of pyridine rings is 1. The molecule has 4 rings (SSSR count). The zero-order valence-electron chi connectivity index (χ0n) is 19.0. The van der Waals surface area contributed by atoms with Gasteiger partial charge in [-0.15, -0.1) is 12.4 Å². The normalized spacial score (nSPS) is 14.0. The van der Waals surface area contributed by atoms with Gasteiger partial charge in [-0.1, -0.05) is 66.4 Å². The van der Waals surface area contributed by atoms with Gasteiger partial charge in [-0.25, -0.2) is 0 Å². The number of benzene rings is 2. The third-order valence-corrected chi connectivity index (χ3v) is 6.40. The van der Waals surface area contributed by atoms with Gasteiger partial charge in [0.05, 0.1) is 17.2 Å². The van der Waals surface area contributed by atoms with Gasteiger partial charge in [0.2, 0.25) is 0 Å². The topological polar surface area (TPSA) is 89.0 Å². The van der Waals surface area contributed by atoms with Crippen LogP contribution in [0.25, 0.3) is 6.08 Å². The Bertz CT molecular complexity index is 1260. The minimum absolute atomic E-state index is 0. The summed E-state index contributed by atoms with van der Waals surface area (Å²) >= 11 is 6.25. The molecule has 1 aliphatic rings. The highest BCUT2D eigenvalue weighted by Gasteiger charge is 2.33. The number of carbonyl (C=O) groups excluding carboxylic acids is 1. The SMILES string of the molecule is Cl.O=C(O)CN1C(=O)C(=Cc2ccc(OCCc3ccccc3)c(OCc3ccccn3)c2)SC1=S. The Morgan fingerprint density at radius 3 is 2.56 bits per heavy atom. The molecule has 1 N–H and O–H groups in total. The number of halogens is 1. The van der Waals surface area contributed by atoms with Crippen molar-refractivity contribution in [3.8, 4) is 11.5 Å². The van der Waals surface area contributed by atoms with Crippen LogP contribution in [0.2, 0.25) is 0 Å². The van der Waals surface area contributed by atoms with Gasteiger partial charge in [-0.2, -0.15) is 0 Å². The van der Waals surface area contributed by atoms with E-state index in [1.54, 1.807) is 24.4 Å². The van der Waals surface area contributed by atoms with E-state index in [4.69, 9.17) is 26.8 Å². The predicted octanol–water partition coefficient (Wildman–Crippen LogP) is 4.99. The van der Waals surface area contributed by atoms with Crippen LogP contribution in [0.15, 0.2) is 77.8 Å². The summed E-state index contributed by atoms with van der Waals surface area (Å²) in [5.41, 5.74) is 2.64. The summed E-state index contributed by atoms with van der Waals surface area (Å²) in [5.74, 6) is -0.461. The van der Waals surface area contributed by atoms with Crippen LogP contribution in [-0.2, 0) is 22.6 Å². The van der Waals surface area contributed by atoms with Crippen LogP contribution >= 0.6 is 36.4 Å². The molecule has 0 saturated carbocycles. The molecule has 3 aromatic rings. The lowest BCUT2D eigenvalue weighted by Gasteiger charge is -2.14. The van der Waals surface area contributed by atoms with Gasteiger partial charge < -0.3 is 14.6 Å². The number of carboxylic acids is 1. The number of rotatable bonds is 10. The van der Waals surface area contributed by atoms with Crippen LogP contribution in [-0.4, -0.2) is 44.3 Å². The number of hydrogen-bond donors (Lipinski definition) is 1. The van der Waals surface area contributed by atoms with Crippen LogP contribution in [0, 0.1) is 0 Å². The number of aromatic nitrogens is 1. The molecule has 0 atom stereocenters. The first-order valence-electron chi connectivity index (χ1n) is 10.8. The molecule has 1 aliphatic heterocycles. The van der Waals surface area contributed by atoms with E-state index in [-0.39, 0.29) is 23.3 Å². The molecule has 2 aromatic carbocycles. The molecular weight excluding hydrogens is 520 g/mol. The molecule has 1 amide bonds. The summed E-state index contributed by atoms with van der Waals surface area (Å²) in [6, 6.07) is 21.0. The molecule has 0 unspecified atom stereocenters. The largest absolute Gasteiger partial charge is 0.489 e. The van der Waals surface area contributed by atoms with E-state index in [1.807, 2.05) is 54.6 Å². The van der Waals surface area contributed by atoms with E-state index in [1.165, 1.54) is 5.56 Å². The molecule has 0 aliphatic carbocycles. The molecule has 36 heavy (non-hydrogen) atoms. The maximum Gasteiger partial charge on any atom is 0.323 e. The second-order valence-corrected chi connectivity index (χ2v) is 9.24. The van der Waals surface area contributed by atoms with Gasteiger partial charge in [-0.3, -0.25) is 19.5 Å². The molecule has 1 saturated heterocycles. The van der Waals surface area contributed by atoms with Crippen LogP contribution in [0.1, 0.15) is 16.8 Å². The maximum absolute atomic E-state index is 12.6. The average molecular weight is 543 g/mol. The lowest BCUT2D eigenvalue weighted by atomic mass is 10.1. The number of amides is 1. The summed E-state index contributed by atoms with van der Waals surface area (Å²) in [7, 11) is 0. The van der Waals surface area contributed by atoms with Gasteiger partial charge in [0.25, 0.3) is 5.91 Å². The van der Waals surface area contributed by atoms with Gasteiger partial charge in [0, 0.05) is 12.6 Å². The van der Waals surface area contributed by atoms with Crippen molar-refractivity contribution in [3.63, 3.8) is 0 Å². The molecule has 0 radical (unpaired) electrons. The molecule has 10 heteroatoms. The number of thioether (sulfide) groups is 1. The summed E-state index contributed by atoms with van der Waals surface area (Å²) in [6.45, 7) is 0.256. The Morgan fingerprint density at radius 2 is 1.83 bits per heavy atom. The number of thiocarbonyl (C=S) groups is 1. The molecule has 1 aromatic heterocycles. The van der Waals surface area contributed by atoms with E-state index < -0.39 is 18.4 Å². The second kappa shape index (κ2) is 13.1. The molecule has 0 spiro atoms. The van der Waals surface area contributed by atoms with Gasteiger partial charge in [0.15, 0.2) is 11.5 Å². The summed E-state index contributed by atoms with van der Waals surface area (Å²) in [4.78, 5) is 29.4. The third-order valence-electron chi connectivity index (χ3n) is 5.03. The minimum atomic E-state index is -1.12. The lowest BCUT2D eigenvalue weighted by Crippen LogP contribution is -2.33. The number of nitrogens with zero attached hydrogens (tertiary/aromatic N) is 2. The highest BCUT2D eigenvalue weighted by Crippen LogP contribution is 2.35. The van der Waals surface area contributed by atoms with Crippen LogP contribution in [0.4, 0.5) is 0 Å². The standard InChI is InChI=1S/C26H22N2O5S2.ClH/c29-24(30)16-28-25(31)23(35-26(28)34)15-19-9-10-21(32-13-11-18-6-2-1-3-7-18)22(14-19)33-17-20-8-4-5-12-27-20;/h1-10,12,14-15H,11,13,16-17H2,(H,29,30);1H. The zero-order chi connectivity index (χ0) is 24.6. The van der Waals surface area contributed by atoms with Crippen molar-refractivity contribution in [1.82, 2.24) is 9.88 Å². The summed E-state index contributed by atoms with van der Waals surface area (Å²) in [6.07, 6.45) is 4.11. The minimum Gasteiger partial charge on any atom is -0.489 e. The first kappa shape index (κ1) is 27.2. The van der Waals surface area contributed by atoms with E-state index >= 15 is 0 Å². The van der Waals surface area contributed by atoms with Gasteiger partial charge in [0.1, 0.15) is 17.5 Å². The maximum atomic E-state index is 12.6. The Hall–Kier alpha value is -3.40. The van der Waals surface area contributed by atoms with Crippen molar-refractivity contribution in [3.05, 3.63) is 94.7 Å². The lowest BCUT2D eigenvalue weighted by molar-refractivity contribution is -0.140. The van der Waals surface area contributed by atoms with Crippen molar-refractivity contribution in [2.24, 2.45) is 0 Å². The highest BCUT2D eigenvalue weighted by molar-refractivity contribution is 8.26. The number of aliphatic carboxylic acids is 1. The fourth-order valence-corrected chi connectivity index (χ4v) is 4.58. The number of carboxylic acid groups (broad SMARTS) is 1. The van der Waals surface area contributed by atoms with E-state index in [0.717, 1.165) is 28.8 Å². The highest BCUT2D eigenvalue weighted by atomic mass is 35.5. The van der Waals surface area contributed by atoms with Gasteiger partial charge in [-0.05, 0) is 41.5 Å². The fourth-order valence-electron chi connectivity index (χ4n) is 3.33. The fraction of sp³-hybridized carbons (Fsp3) is 0.154. The Kier molecular flexibility index (Phi) is 9.86. The third kappa shape index (κ3) is 7.30. The monoisotopic (exact) mass is 542 g/mol. The van der Waals surface area contributed by atoms with Crippen molar-refractivity contribution >= 4 is 58.7 Å². The smallest absolute Gasteiger partial charge is 0.323 e. The second-order valence-electron chi connectivity index (χ2n) is 7.56.